The molecular formula is C20H15NO4S. The van der Waals surface area contributed by atoms with Gasteiger partial charge in [0.15, 0.2) is 5.78 Å². The number of hydrogen-bond donors (Lipinski definition) is 2. The Morgan fingerprint density at radius 3 is 2.35 bits per heavy atom. The van der Waals surface area contributed by atoms with E-state index in [1.165, 1.54) is 0 Å². The van der Waals surface area contributed by atoms with Crippen molar-refractivity contribution in [3.63, 3.8) is 0 Å². The molecule has 0 atom stereocenters. The molecule has 0 unspecified atom stereocenters. The first-order valence-corrected chi connectivity index (χ1v) is 8.55. The smallest absolute Gasteiger partial charge is 0.371 e. The molecule has 0 fully saturated rings. The molecule has 2 N–H and O–H groups in total. The molecule has 0 spiro atoms. The minimum absolute atomic E-state index is 0.289. The largest absolute Gasteiger partial charge is 0.502 e. The van der Waals surface area contributed by atoms with Gasteiger partial charge in [-0.25, -0.2) is 4.79 Å². The van der Waals surface area contributed by atoms with E-state index in [0.29, 0.717) is 6.08 Å². The second kappa shape index (κ2) is 7.76. The zero-order chi connectivity index (χ0) is 18.5. The summed E-state index contributed by atoms with van der Waals surface area (Å²) in [5.41, 5.74) is 1.18. The number of allylic oxidation sites excluding steroid dienone is 1. The van der Waals surface area contributed by atoms with E-state index in [9.17, 15) is 14.7 Å². The molecule has 3 aromatic rings. The number of aromatic nitrogens is 1. The summed E-state index contributed by atoms with van der Waals surface area (Å²) < 4.78 is 1.80. The van der Waals surface area contributed by atoms with Crippen molar-refractivity contribution in [3.05, 3.63) is 90.5 Å². The molecule has 1 aromatic heterocycles. The monoisotopic (exact) mass is 365 g/mol. The highest BCUT2D eigenvalue weighted by molar-refractivity contribution is 7.99. The normalized spacial score (nSPS) is 11.3. The van der Waals surface area contributed by atoms with E-state index in [-0.39, 0.29) is 5.56 Å². The van der Waals surface area contributed by atoms with Gasteiger partial charge in [0.2, 0.25) is 5.76 Å². The third-order valence-corrected chi connectivity index (χ3v) is 4.65. The Morgan fingerprint density at radius 1 is 0.923 bits per heavy atom. The number of nitrogens with zero attached hydrogens (tertiary/aromatic N) is 1. The van der Waals surface area contributed by atoms with E-state index in [2.05, 4.69) is 0 Å². The number of ketones is 1. The number of carbonyl (C=O) groups excluding carboxylic acids is 1. The summed E-state index contributed by atoms with van der Waals surface area (Å²) in [4.78, 5) is 24.8. The molecule has 6 heteroatoms. The number of carboxylic acids is 1. The van der Waals surface area contributed by atoms with Gasteiger partial charge in [-0.1, -0.05) is 42.1 Å². The van der Waals surface area contributed by atoms with E-state index < -0.39 is 17.5 Å². The van der Waals surface area contributed by atoms with Crippen molar-refractivity contribution in [2.75, 3.05) is 0 Å². The average Bonchev–Trinajstić information content (AvgIpc) is 3.13. The lowest BCUT2D eigenvalue weighted by Gasteiger charge is -2.10. The first-order valence-electron chi connectivity index (χ1n) is 7.73. The Hall–Kier alpha value is -3.25. The van der Waals surface area contributed by atoms with Crippen molar-refractivity contribution in [1.29, 1.82) is 0 Å². The summed E-state index contributed by atoms with van der Waals surface area (Å²) in [5, 5.41) is 17.9. The lowest BCUT2D eigenvalue weighted by atomic mass is 10.2. The van der Waals surface area contributed by atoms with Crippen LogP contribution in [-0.4, -0.2) is 26.5 Å². The van der Waals surface area contributed by atoms with Crippen molar-refractivity contribution < 1.29 is 19.8 Å². The van der Waals surface area contributed by atoms with Crippen molar-refractivity contribution in [3.8, 4) is 5.69 Å². The van der Waals surface area contributed by atoms with Gasteiger partial charge < -0.3 is 14.8 Å². The highest BCUT2D eigenvalue weighted by atomic mass is 32.2. The Bertz CT molecular complexity index is 976. The predicted molar refractivity (Wildman–Crippen MR) is 99.0 cm³/mol. The summed E-state index contributed by atoms with van der Waals surface area (Å²) >= 11 is 1.61. The van der Waals surface area contributed by atoms with Crippen LogP contribution in [0.5, 0.6) is 0 Å². The Kier molecular flexibility index (Phi) is 5.24. The molecule has 2 aromatic carbocycles. The zero-order valence-electron chi connectivity index (χ0n) is 13.6. The first kappa shape index (κ1) is 17.6. The number of carboxylic acid groups (broad SMARTS) is 1. The van der Waals surface area contributed by atoms with E-state index in [4.69, 9.17) is 5.11 Å². The van der Waals surface area contributed by atoms with E-state index in [1.54, 1.807) is 34.8 Å². The van der Waals surface area contributed by atoms with E-state index >= 15 is 0 Å². The summed E-state index contributed by atoms with van der Waals surface area (Å²) in [5.74, 6) is -3.10. The van der Waals surface area contributed by atoms with Crippen molar-refractivity contribution in [2.45, 2.75) is 9.79 Å². The number of carbonyl (C=O) groups is 2. The van der Waals surface area contributed by atoms with E-state index in [1.807, 2.05) is 54.6 Å². The molecular weight excluding hydrogens is 350 g/mol. The van der Waals surface area contributed by atoms with E-state index in [0.717, 1.165) is 15.5 Å². The molecule has 1 heterocycles. The number of para-hydroxylation sites is 1. The minimum Gasteiger partial charge on any atom is -0.502 e. The van der Waals surface area contributed by atoms with Gasteiger partial charge in [0.25, 0.3) is 0 Å². The quantitative estimate of drug-likeness (QED) is 0.386. The van der Waals surface area contributed by atoms with Crippen LogP contribution in [0.2, 0.25) is 0 Å². The maximum atomic E-state index is 12.1. The molecule has 0 bridgehead atoms. The average molecular weight is 365 g/mol. The predicted octanol–water partition coefficient (Wildman–Crippen LogP) is 4.34. The van der Waals surface area contributed by atoms with Crippen LogP contribution in [-0.2, 0) is 4.79 Å². The third-order valence-electron chi connectivity index (χ3n) is 3.58. The highest BCUT2D eigenvalue weighted by Gasteiger charge is 2.12. The zero-order valence-corrected chi connectivity index (χ0v) is 14.4. The van der Waals surface area contributed by atoms with Crippen molar-refractivity contribution >= 4 is 23.5 Å². The molecule has 0 saturated heterocycles. The van der Waals surface area contributed by atoms with Crippen LogP contribution in [0.4, 0.5) is 0 Å². The van der Waals surface area contributed by atoms with Crippen LogP contribution in [0, 0.1) is 0 Å². The number of benzene rings is 2. The van der Waals surface area contributed by atoms with Crippen molar-refractivity contribution in [2.24, 2.45) is 0 Å². The summed E-state index contributed by atoms with van der Waals surface area (Å²) in [6.07, 6.45) is 4.04. The van der Waals surface area contributed by atoms with Crippen LogP contribution in [0.1, 0.15) is 10.4 Å². The second-order valence-corrected chi connectivity index (χ2v) is 6.50. The third kappa shape index (κ3) is 4.04. The molecule has 0 amide bonds. The fourth-order valence-electron chi connectivity index (χ4n) is 2.33. The van der Waals surface area contributed by atoms with Gasteiger partial charge in [-0.05, 0) is 30.3 Å². The molecule has 26 heavy (non-hydrogen) atoms. The summed E-state index contributed by atoms with van der Waals surface area (Å²) in [6, 6.07) is 19.3. The molecule has 0 radical (unpaired) electrons. The lowest BCUT2D eigenvalue weighted by molar-refractivity contribution is -0.135. The molecule has 5 nitrogen and oxygen atoms in total. The molecule has 0 saturated carbocycles. The van der Waals surface area contributed by atoms with Gasteiger partial charge in [-0.15, -0.1) is 0 Å². The van der Waals surface area contributed by atoms with Gasteiger partial charge in [-0.3, -0.25) is 4.79 Å². The fraction of sp³-hybridized carbons (Fsp3) is 0. The van der Waals surface area contributed by atoms with Crippen LogP contribution >= 0.6 is 11.8 Å². The highest BCUT2D eigenvalue weighted by Crippen LogP contribution is 2.32. The summed E-state index contributed by atoms with van der Waals surface area (Å²) in [6.45, 7) is 0. The van der Waals surface area contributed by atoms with Gasteiger partial charge in [0.05, 0.1) is 5.69 Å². The molecule has 130 valence electrons. The van der Waals surface area contributed by atoms with Crippen LogP contribution in [0.25, 0.3) is 5.69 Å². The van der Waals surface area contributed by atoms with Gasteiger partial charge >= 0.3 is 5.97 Å². The number of rotatable bonds is 6. The van der Waals surface area contributed by atoms with Gasteiger partial charge in [0.1, 0.15) is 0 Å². The van der Waals surface area contributed by atoms with Crippen LogP contribution < -0.4 is 0 Å². The van der Waals surface area contributed by atoms with Gasteiger partial charge in [0, 0.05) is 33.8 Å². The fourth-order valence-corrected chi connectivity index (χ4v) is 3.31. The maximum absolute atomic E-state index is 12.1. The SMILES string of the molecule is O=C(O)C(O)=CC(=O)c1ccn(-c2ccccc2Sc2ccccc2)c1. The first-order chi connectivity index (χ1) is 12.5. The number of hydrogen-bond acceptors (Lipinski definition) is 4. The van der Waals surface area contributed by atoms with Crippen molar-refractivity contribution in [1.82, 2.24) is 4.57 Å². The summed E-state index contributed by atoms with van der Waals surface area (Å²) in [7, 11) is 0. The molecule has 0 aliphatic carbocycles. The molecule has 0 aliphatic rings. The molecule has 0 aliphatic heterocycles. The Balaban J connectivity index is 1.89. The number of aliphatic hydroxyl groups is 1. The van der Waals surface area contributed by atoms with Crippen LogP contribution in [0.3, 0.4) is 0 Å². The topological polar surface area (TPSA) is 79.5 Å². The number of aliphatic hydroxyl groups excluding tert-OH is 1. The minimum atomic E-state index is -1.54. The van der Waals surface area contributed by atoms with Crippen LogP contribution in [0.15, 0.2) is 94.7 Å². The lowest BCUT2D eigenvalue weighted by Crippen LogP contribution is -2.03. The number of aliphatic carboxylic acids is 1. The Labute approximate surface area is 154 Å². The Morgan fingerprint density at radius 2 is 1.62 bits per heavy atom. The molecule has 3 rings (SSSR count). The maximum Gasteiger partial charge on any atom is 0.371 e. The van der Waals surface area contributed by atoms with Gasteiger partial charge in [-0.2, -0.15) is 0 Å². The standard InChI is InChI=1S/C20H15NO4S/c22-17(12-18(23)20(24)25)14-10-11-21(13-14)16-8-4-5-9-19(16)26-15-6-2-1-3-7-15/h1-13,23H,(H,24,25). The second-order valence-electron chi connectivity index (χ2n) is 5.39.